The van der Waals surface area contributed by atoms with Gasteiger partial charge in [-0.1, -0.05) is 18.2 Å². The quantitative estimate of drug-likeness (QED) is 0.453. The SMILES string of the molecule is CC1(C)OC(=O)C(=CNc2ccc(Oc3ccccc3)c(C(F)(F)F)c2)C(=O)O1. The Morgan fingerprint density at radius 3 is 2.21 bits per heavy atom. The summed E-state index contributed by atoms with van der Waals surface area (Å²) in [5, 5.41) is 2.49. The number of esters is 2. The molecule has 6 nitrogen and oxygen atoms in total. The maximum atomic E-state index is 13.5. The van der Waals surface area contributed by atoms with Gasteiger partial charge < -0.3 is 19.5 Å². The van der Waals surface area contributed by atoms with Crippen molar-refractivity contribution in [1.82, 2.24) is 0 Å². The lowest BCUT2D eigenvalue weighted by Gasteiger charge is -2.29. The number of halogens is 3. The number of ether oxygens (including phenoxy) is 3. The number of hydrogen-bond acceptors (Lipinski definition) is 6. The first kappa shape index (κ1) is 20.2. The highest BCUT2D eigenvalue weighted by molar-refractivity contribution is 6.15. The number of para-hydroxylation sites is 1. The Bertz CT molecular complexity index is 946. The number of nitrogens with one attached hydrogen (secondary N) is 1. The molecule has 29 heavy (non-hydrogen) atoms. The van der Waals surface area contributed by atoms with Gasteiger partial charge in [0.25, 0.3) is 5.79 Å². The maximum Gasteiger partial charge on any atom is 0.420 e. The molecule has 9 heteroatoms. The molecular weight excluding hydrogens is 391 g/mol. The van der Waals surface area contributed by atoms with Crippen LogP contribution in [0.5, 0.6) is 11.5 Å². The van der Waals surface area contributed by atoms with Crippen molar-refractivity contribution >= 4 is 17.6 Å². The predicted octanol–water partition coefficient (Wildman–Crippen LogP) is 4.63. The molecule has 0 aromatic heterocycles. The van der Waals surface area contributed by atoms with Crippen LogP contribution in [0, 0.1) is 0 Å². The Labute approximate surface area is 163 Å². The zero-order valence-electron chi connectivity index (χ0n) is 15.4. The molecule has 0 bridgehead atoms. The fraction of sp³-hybridized carbons (Fsp3) is 0.200. The fourth-order valence-electron chi connectivity index (χ4n) is 2.48. The zero-order chi connectivity index (χ0) is 21.2. The molecule has 0 radical (unpaired) electrons. The molecule has 1 saturated heterocycles. The van der Waals surface area contributed by atoms with Crippen molar-refractivity contribution in [3.05, 3.63) is 65.9 Å². The van der Waals surface area contributed by atoms with Crippen LogP contribution < -0.4 is 10.1 Å². The van der Waals surface area contributed by atoms with Crippen LogP contribution in [-0.4, -0.2) is 17.7 Å². The summed E-state index contributed by atoms with van der Waals surface area (Å²) < 4.78 is 55.6. The molecule has 0 amide bonds. The molecule has 1 aliphatic heterocycles. The molecule has 152 valence electrons. The standard InChI is InChI=1S/C20H16F3NO5/c1-19(2)28-17(25)14(18(26)29-19)11-24-12-8-9-16(15(10-12)20(21,22)23)27-13-6-4-3-5-7-13/h3-11,24H,1-2H3. The van der Waals surface area contributed by atoms with Gasteiger partial charge in [0, 0.05) is 25.7 Å². The second-order valence-corrected chi connectivity index (χ2v) is 6.51. The Kier molecular flexibility index (Phi) is 5.23. The van der Waals surface area contributed by atoms with E-state index in [1.54, 1.807) is 18.2 Å². The van der Waals surface area contributed by atoms with Crippen LogP contribution >= 0.6 is 0 Å². The lowest BCUT2D eigenvalue weighted by molar-refractivity contribution is -0.222. The summed E-state index contributed by atoms with van der Waals surface area (Å²) in [4.78, 5) is 23.8. The summed E-state index contributed by atoms with van der Waals surface area (Å²) >= 11 is 0. The first-order valence-corrected chi connectivity index (χ1v) is 8.43. The maximum absolute atomic E-state index is 13.5. The van der Waals surface area contributed by atoms with Gasteiger partial charge in [-0.3, -0.25) is 0 Å². The average Bonchev–Trinajstić information content (AvgIpc) is 2.61. The van der Waals surface area contributed by atoms with E-state index >= 15 is 0 Å². The van der Waals surface area contributed by atoms with E-state index in [4.69, 9.17) is 14.2 Å². The van der Waals surface area contributed by atoms with Gasteiger partial charge in [0.15, 0.2) is 5.57 Å². The van der Waals surface area contributed by atoms with E-state index in [2.05, 4.69) is 5.32 Å². The largest absolute Gasteiger partial charge is 0.457 e. The minimum Gasteiger partial charge on any atom is -0.457 e. The molecular formula is C20H16F3NO5. The summed E-state index contributed by atoms with van der Waals surface area (Å²) in [5.41, 5.74) is -1.52. The highest BCUT2D eigenvalue weighted by atomic mass is 19.4. The molecule has 0 unspecified atom stereocenters. The number of carbonyl (C=O) groups is 2. The zero-order valence-corrected chi connectivity index (χ0v) is 15.4. The minimum atomic E-state index is -4.69. The third-order valence-electron chi connectivity index (χ3n) is 3.76. The number of benzene rings is 2. The summed E-state index contributed by atoms with van der Waals surface area (Å²) in [6.45, 7) is 2.77. The molecule has 2 aromatic rings. The van der Waals surface area contributed by atoms with Gasteiger partial charge in [-0.2, -0.15) is 13.2 Å². The van der Waals surface area contributed by atoms with Crippen molar-refractivity contribution in [2.24, 2.45) is 0 Å². The van der Waals surface area contributed by atoms with Crippen LogP contribution in [-0.2, 0) is 25.2 Å². The highest BCUT2D eigenvalue weighted by Crippen LogP contribution is 2.39. The monoisotopic (exact) mass is 407 g/mol. The highest BCUT2D eigenvalue weighted by Gasteiger charge is 2.39. The molecule has 1 fully saturated rings. The van der Waals surface area contributed by atoms with Crippen LogP contribution in [0.3, 0.4) is 0 Å². The molecule has 1 N–H and O–H groups in total. The molecule has 0 spiro atoms. The number of anilines is 1. The summed E-state index contributed by atoms with van der Waals surface area (Å²) in [5.74, 6) is -3.44. The smallest absolute Gasteiger partial charge is 0.420 e. The van der Waals surface area contributed by atoms with Gasteiger partial charge in [0.2, 0.25) is 0 Å². The Morgan fingerprint density at radius 2 is 1.62 bits per heavy atom. The third kappa shape index (κ3) is 4.87. The third-order valence-corrected chi connectivity index (χ3v) is 3.76. The summed E-state index contributed by atoms with van der Waals surface area (Å²) in [7, 11) is 0. The number of carbonyl (C=O) groups excluding carboxylic acids is 2. The number of rotatable bonds is 4. The number of alkyl halides is 3. The molecule has 0 aliphatic carbocycles. The van der Waals surface area contributed by atoms with Gasteiger partial charge in [0.05, 0.1) is 0 Å². The average molecular weight is 407 g/mol. The first-order valence-electron chi connectivity index (χ1n) is 8.43. The van der Waals surface area contributed by atoms with Crippen LogP contribution in [0.4, 0.5) is 18.9 Å². The van der Waals surface area contributed by atoms with Crippen molar-refractivity contribution in [3.63, 3.8) is 0 Å². The van der Waals surface area contributed by atoms with Crippen molar-refractivity contribution in [3.8, 4) is 11.5 Å². The van der Waals surface area contributed by atoms with Crippen LogP contribution in [0.25, 0.3) is 0 Å². The van der Waals surface area contributed by atoms with E-state index in [9.17, 15) is 22.8 Å². The molecule has 1 heterocycles. The topological polar surface area (TPSA) is 73.9 Å². The normalized spacial score (nSPS) is 16.0. The van der Waals surface area contributed by atoms with Crippen LogP contribution in [0.1, 0.15) is 19.4 Å². The summed E-state index contributed by atoms with van der Waals surface area (Å²) in [6.07, 6.45) is -3.76. The lowest BCUT2D eigenvalue weighted by Crippen LogP contribution is -2.42. The fourth-order valence-corrected chi connectivity index (χ4v) is 2.48. The van der Waals surface area contributed by atoms with Crippen LogP contribution in [0.15, 0.2) is 60.3 Å². The van der Waals surface area contributed by atoms with Gasteiger partial charge in [0.1, 0.15) is 17.1 Å². The predicted molar refractivity (Wildman–Crippen MR) is 95.9 cm³/mol. The molecule has 1 aliphatic rings. The minimum absolute atomic E-state index is 0.0179. The molecule has 3 rings (SSSR count). The van der Waals surface area contributed by atoms with E-state index in [1.807, 2.05) is 0 Å². The van der Waals surface area contributed by atoms with E-state index in [0.29, 0.717) is 0 Å². The van der Waals surface area contributed by atoms with Gasteiger partial charge in [-0.05, 0) is 30.3 Å². The van der Waals surface area contributed by atoms with E-state index in [-0.39, 0.29) is 17.2 Å². The van der Waals surface area contributed by atoms with E-state index < -0.39 is 35.0 Å². The molecule has 0 saturated carbocycles. The summed E-state index contributed by atoms with van der Waals surface area (Å²) in [6, 6.07) is 11.3. The number of hydrogen-bond donors (Lipinski definition) is 1. The number of cyclic esters (lactones) is 2. The van der Waals surface area contributed by atoms with Crippen molar-refractivity contribution in [2.45, 2.75) is 25.8 Å². The van der Waals surface area contributed by atoms with Gasteiger partial charge >= 0.3 is 18.1 Å². The van der Waals surface area contributed by atoms with E-state index in [1.165, 1.54) is 32.0 Å². The van der Waals surface area contributed by atoms with Crippen molar-refractivity contribution < 1.29 is 37.0 Å². The van der Waals surface area contributed by atoms with Gasteiger partial charge in [-0.15, -0.1) is 0 Å². The van der Waals surface area contributed by atoms with Crippen molar-refractivity contribution in [2.75, 3.05) is 5.32 Å². The Morgan fingerprint density at radius 1 is 1.00 bits per heavy atom. The molecule has 0 atom stereocenters. The van der Waals surface area contributed by atoms with E-state index in [0.717, 1.165) is 18.3 Å². The van der Waals surface area contributed by atoms with Gasteiger partial charge in [-0.25, -0.2) is 9.59 Å². The Hall–Kier alpha value is -3.49. The lowest BCUT2D eigenvalue weighted by atomic mass is 10.1. The second-order valence-electron chi connectivity index (χ2n) is 6.51. The first-order chi connectivity index (χ1) is 13.5. The Balaban J connectivity index is 1.86. The van der Waals surface area contributed by atoms with Crippen LogP contribution in [0.2, 0.25) is 0 Å². The van der Waals surface area contributed by atoms with Crippen molar-refractivity contribution in [1.29, 1.82) is 0 Å². The molecule has 2 aromatic carbocycles. The second kappa shape index (κ2) is 7.50.